The molecule has 1 saturated carbocycles. The summed E-state index contributed by atoms with van der Waals surface area (Å²) in [6.45, 7) is 6.28. The minimum absolute atomic E-state index is 0.413. The molecule has 17 heavy (non-hydrogen) atoms. The van der Waals surface area contributed by atoms with E-state index in [1.807, 2.05) is 0 Å². The molecule has 2 heteroatoms. The van der Waals surface area contributed by atoms with Gasteiger partial charge in [-0.1, -0.05) is 32.6 Å². The van der Waals surface area contributed by atoms with Crippen LogP contribution < -0.4 is 0 Å². The van der Waals surface area contributed by atoms with Crippen molar-refractivity contribution in [2.24, 2.45) is 11.8 Å². The fraction of sp³-hybridized carbons (Fsp3) is 1.00. The highest BCUT2D eigenvalue weighted by atomic mass is 16.5. The van der Waals surface area contributed by atoms with E-state index >= 15 is 0 Å². The molecule has 0 saturated heterocycles. The minimum Gasteiger partial charge on any atom is -0.385 e. The molecule has 2 unspecified atom stereocenters. The first-order chi connectivity index (χ1) is 8.24. The molecular formula is C15H30O2. The number of methoxy groups -OCH3 is 1. The number of rotatable bonds is 9. The molecule has 0 spiro atoms. The van der Waals surface area contributed by atoms with Crippen molar-refractivity contribution in [3.63, 3.8) is 0 Å². The lowest BCUT2D eigenvalue weighted by molar-refractivity contribution is 0.0408. The average molecular weight is 242 g/mol. The van der Waals surface area contributed by atoms with Gasteiger partial charge in [-0.05, 0) is 38.0 Å². The Bertz CT molecular complexity index is 176. The molecule has 2 atom stereocenters. The first-order valence-corrected chi connectivity index (χ1v) is 7.34. The highest BCUT2D eigenvalue weighted by Gasteiger charge is 2.21. The highest BCUT2D eigenvalue weighted by Crippen LogP contribution is 2.33. The molecule has 0 radical (unpaired) electrons. The molecule has 0 aromatic carbocycles. The van der Waals surface area contributed by atoms with Crippen LogP contribution in [0.3, 0.4) is 0 Å². The largest absolute Gasteiger partial charge is 0.385 e. The van der Waals surface area contributed by atoms with E-state index in [1.54, 1.807) is 7.11 Å². The molecule has 0 N–H and O–H groups in total. The van der Waals surface area contributed by atoms with Crippen molar-refractivity contribution in [1.82, 2.24) is 0 Å². The van der Waals surface area contributed by atoms with E-state index in [1.165, 1.54) is 38.5 Å². The SMILES string of the molecule is COCCCOC(C)CCC(C)C1CCCC1. The molecule has 0 aliphatic heterocycles. The third kappa shape index (κ3) is 6.42. The van der Waals surface area contributed by atoms with Crippen molar-refractivity contribution in [2.75, 3.05) is 20.3 Å². The molecule has 0 bridgehead atoms. The summed E-state index contributed by atoms with van der Waals surface area (Å²) >= 11 is 0. The average Bonchev–Trinajstić information content (AvgIpc) is 2.85. The van der Waals surface area contributed by atoms with E-state index in [4.69, 9.17) is 9.47 Å². The van der Waals surface area contributed by atoms with Crippen molar-refractivity contribution in [1.29, 1.82) is 0 Å². The third-order valence-corrected chi connectivity index (χ3v) is 4.13. The van der Waals surface area contributed by atoms with E-state index in [-0.39, 0.29) is 0 Å². The molecule has 0 aromatic rings. The van der Waals surface area contributed by atoms with Crippen LogP contribution in [0.2, 0.25) is 0 Å². The zero-order valence-electron chi connectivity index (χ0n) is 11.9. The van der Waals surface area contributed by atoms with Gasteiger partial charge in [-0.3, -0.25) is 0 Å². The van der Waals surface area contributed by atoms with Gasteiger partial charge < -0.3 is 9.47 Å². The Labute approximate surface area is 107 Å². The zero-order valence-corrected chi connectivity index (χ0v) is 11.9. The van der Waals surface area contributed by atoms with Crippen LogP contribution >= 0.6 is 0 Å². The predicted octanol–water partition coefficient (Wildman–Crippen LogP) is 4.03. The van der Waals surface area contributed by atoms with Gasteiger partial charge >= 0.3 is 0 Å². The van der Waals surface area contributed by atoms with Crippen molar-refractivity contribution in [2.45, 2.75) is 64.9 Å². The Balaban J connectivity index is 2.00. The molecule has 1 aliphatic rings. The van der Waals surface area contributed by atoms with Crippen LogP contribution in [-0.2, 0) is 9.47 Å². The standard InChI is InChI=1S/C15H30O2/c1-13(15-7-4-5-8-15)9-10-14(2)17-12-6-11-16-3/h13-15H,4-12H2,1-3H3. The second kappa shape index (κ2) is 8.93. The maximum atomic E-state index is 5.78. The lowest BCUT2D eigenvalue weighted by Gasteiger charge is -2.21. The van der Waals surface area contributed by atoms with Crippen LogP contribution in [0.1, 0.15) is 58.8 Å². The molecule has 0 aromatic heterocycles. The van der Waals surface area contributed by atoms with Gasteiger partial charge in [0.1, 0.15) is 0 Å². The lowest BCUT2D eigenvalue weighted by atomic mass is 9.88. The maximum absolute atomic E-state index is 5.78. The van der Waals surface area contributed by atoms with Crippen molar-refractivity contribution in [3.8, 4) is 0 Å². The first kappa shape index (κ1) is 15.0. The van der Waals surface area contributed by atoms with Gasteiger partial charge in [0.25, 0.3) is 0 Å². The Morgan fingerprint density at radius 1 is 1.06 bits per heavy atom. The summed E-state index contributed by atoms with van der Waals surface area (Å²) in [7, 11) is 1.74. The van der Waals surface area contributed by atoms with E-state index in [0.717, 1.165) is 31.5 Å². The van der Waals surface area contributed by atoms with Gasteiger partial charge in [-0.15, -0.1) is 0 Å². The van der Waals surface area contributed by atoms with E-state index in [0.29, 0.717) is 6.10 Å². The number of hydrogen-bond donors (Lipinski definition) is 0. The van der Waals surface area contributed by atoms with Gasteiger partial charge in [-0.25, -0.2) is 0 Å². The van der Waals surface area contributed by atoms with E-state index in [2.05, 4.69) is 13.8 Å². The van der Waals surface area contributed by atoms with E-state index in [9.17, 15) is 0 Å². The summed E-state index contributed by atoms with van der Waals surface area (Å²) in [6, 6.07) is 0. The topological polar surface area (TPSA) is 18.5 Å². The predicted molar refractivity (Wildman–Crippen MR) is 72.3 cm³/mol. The molecule has 2 nitrogen and oxygen atoms in total. The van der Waals surface area contributed by atoms with Crippen LogP contribution in [0.4, 0.5) is 0 Å². The Kier molecular flexibility index (Phi) is 7.87. The molecule has 1 aliphatic carbocycles. The molecule has 1 fully saturated rings. The third-order valence-electron chi connectivity index (χ3n) is 4.13. The Morgan fingerprint density at radius 2 is 1.76 bits per heavy atom. The second-order valence-electron chi connectivity index (χ2n) is 5.63. The smallest absolute Gasteiger partial charge is 0.0547 e. The summed E-state index contributed by atoms with van der Waals surface area (Å²) in [4.78, 5) is 0. The van der Waals surface area contributed by atoms with Crippen LogP contribution in [-0.4, -0.2) is 26.4 Å². The lowest BCUT2D eigenvalue weighted by Crippen LogP contribution is -2.14. The summed E-state index contributed by atoms with van der Waals surface area (Å²) < 4.78 is 10.8. The van der Waals surface area contributed by atoms with Crippen LogP contribution in [0, 0.1) is 11.8 Å². The van der Waals surface area contributed by atoms with Gasteiger partial charge in [0, 0.05) is 20.3 Å². The summed E-state index contributed by atoms with van der Waals surface area (Å²) in [5.41, 5.74) is 0. The zero-order chi connectivity index (χ0) is 12.5. The minimum atomic E-state index is 0.413. The molecular weight excluding hydrogens is 212 g/mol. The summed E-state index contributed by atoms with van der Waals surface area (Å²) in [6.07, 6.45) is 9.81. The summed E-state index contributed by atoms with van der Waals surface area (Å²) in [5.74, 6) is 1.89. The van der Waals surface area contributed by atoms with Crippen molar-refractivity contribution in [3.05, 3.63) is 0 Å². The van der Waals surface area contributed by atoms with E-state index < -0.39 is 0 Å². The molecule has 0 amide bonds. The number of ether oxygens (including phenoxy) is 2. The van der Waals surface area contributed by atoms with Gasteiger partial charge in [0.15, 0.2) is 0 Å². The molecule has 1 rings (SSSR count). The Hall–Kier alpha value is -0.0800. The van der Waals surface area contributed by atoms with Crippen molar-refractivity contribution >= 4 is 0 Å². The van der Waals surface area contributed by atoms with Crippen molar-refractivity contribution < 1.29 is 9.47 Å². The normalized spacial score (nSPS) is 20.6. The first-order valence-electron chi connectivity index (χ1n) is 7.34. The molecule has 102 valence electrons. The van der Waals surface area contributed by atoms with Crippen LogP contribution in [0.5, 0.6) is 0 Å². The monoisotopic (exact) mass is 242 g/mol. The second-order valence-corrected chi connectivity index (χ2v) is 5.63. The van der Waals surface area contributed by atoms with Gasteiger partial charge in [0.2, 0.25) is 0 Å². The quantitative estimate of drug-likeness (QED) is 0.568. The van der Waals surface area contributed by atoms with Crippen LogP contribution in [0.15, 0.2) is 0 Å². The van der Waals surface area contributed by atoms with Crippen LogP contribution in [0.25, 0.3) is 0 Å². The Morgan fingerprint density at radius 3 is 2.41 bits per heavy atom. The molecule has 0 heterocycles. The number of hydrogen-bond acceptors (Lipinski definition) is 2. The fourth-order valence-electron chi connectivity index (χ4n) is 2.83. The maximum Gasteiger partial charge on any atom is 0.0547 e. The van der Waals surface area contributed by atoms with Gasteiger partial charge in [-0.2, -0.15) is 0 Å². The fourth-order valence-corrected chi connectivity index (χ4v) is 2.83. The van der Waals surface area contributed by atoms with Gasteiger partial charge in [0.05, 0.1) is 6.10 Å². The highest BCUT2D eigenvalue weighted by molar-refractivity contribution is 4.73. The summed E-state index contributed by atoms with van der Waals surface area (Å²) in [5, 5.41) is 0.